The van der Waals surface area contributed by atoms with Gasteiger partial charge in [0, 0.05) is 6.54 Å². The third kappa shape index (κ3) is 5.56. The second-order valence-electron chi connectivity index (χ2n) is 6.03. The topological polar surface area (TPSA) is 75.7 Å². The van der Waals surface area contributed by atoms with E-state index in [1.54, 1.807) is 19.1 Å². The van der Waals surface area contributed by atoms with Crippen LogP contribution in [0.3, 0.4) is 0 Å². The summed E-state index contributed by atoms with van der Waals surface area (Å²) in [7, 11) is -2.19. The number of methoxy groups -OCH3 is 1. The van der Waals surface area contributed by atoms with Crippen molar-refractivity contribution < 1.29 is 17.9 Å². The molecule has 1 aromatic carbocycles. The van der Waals surface area contributed by atoms with Gasteiger partial charge < -0.3 is 10.1 Å². The third-order valence-corrected chi connectivity index (χ3v) is 5.04. The smallest absolute Gasteiger partial charge is 0.243 e. The molecule has 1 amide bonds. The number of benzene rings is 1. The molecule has 1 rings (SSSR count). The molecule has 0 aliphatic carbocycles. The first-order valence-corrected chi connectivity index (χ1v) is 9.91. The van der Waals surface area contributed by atoms with E-state index in [9.17, 15) is 13.2 Å². The van der Waals surface area contributed by atoms with Crippen molar-refractivity contribution in [3.63, 3.8) is 0 Å². The SMILES string of the molecule is COc1ccc(N([C@H](C)C(=O)NCCC(C)C)S(C)(=O)=O)cc1Cl. The van der Waals surface area contributed by atoms with Gasteiger partial charge in [-0.1, -0.05) is 25.4 Å². The van der Waals surface area contributed by atoms with E-state index in [0.717, 1.165) is 17.0 Å². The van der Waals surface area contributed by atoms with Crippen LogP contribution in [0.1, 0.15) is 27.2 Å². The van der Waals surface area contributed by atoms with Crippen LogP contribution in [0, 0.1) is 5.92 Å². The summed E-state index contributed by atoms with van der Waals surface area (Å²) in [5, 5.41) is 3.04. The molecule has 0 aromatic heterocycles. The molecule has 1 aromatic rings. The molecule has 0 aliphatic rings. The Balaban J connectivity index is 3.05. The second kappa shape index (κ2) is 8.58. The largest absolute Gasteiger partial charge is 0.495 e. The maximum absolute atomic E-state index is 12.3. The average molecular weight is 377 g/mol. The molecule has 0 saturated heterocycles. The summed E-state index contributed by atoms with van der Waals surface area (Å²) >= 11 is 6.08. The first-order chi connectivity index (χ1) is 11.1. The van der Waals surface area contributed by atoms with Crippen molar-refractivity contribution in [1.29, 1.82) is 0 Å². The summed E-state index contributed by atoms with van der Waals surface area (Å²) < 4.78 is 30.5. The summed E-state index contributed by atoms with van der Waals surface area (Å²) in [6.45, 7) is 6.15. The third-order valence-electron chi connectivity index (χ3n) is 3.50. The van der Waals surface area contributed by atoms with Gasteiger partial charge in [-0.15, -0.1) is 0 Å². The summed E-state index contributed by atoms with van der Waals surface area (Å²) in [6, 6.07) is 3.71. The van der Waals surface area contributed by atoms with E-state index in [1.165, 1.54) is 13.2 Å². The van der Waals surface area contributed by atoms with Gasteiger partial charge in [-0.25, -0.2) is 8.42 Å². The second-order valence-corrected chi connectivity index (χ2v) is 8.29. The van der Waals surface area contributed by atoms with Crippen LogP contribution in [0.2, 0.25) is 5.02 Å². The van der Waals surface area contributed by atoms with Gasteiger partial charge in [0.15, 0.2) is 0 Å². The monoisotopic (exact) mass is 376 g/mol. The number of rotatable bonds is 8. The van der Waals surface area contributed by atoms with E-state index in [1.807, 2.05) is 0 Å². The number of nitrogens with zero attached hydrogens (tertiary/aromatic N) is 1. The molecule has 0 unspecified atom stereocenters. The van der Waals surface area contributed by atoms with Crippen molar-refractivity contribution in [3.05, 3.63) is 23.2 Å². The molecule has 0 heterocycles. The summed E-state index contributed by atoms with van der Waals surface area (Å²) in [6.07, 6.45) is 1.88. The summed E-state index contributed by atoms with van der Waals surface area (Å²) in [4.78, 5) is 12.3. The van der Waals surface area contributed by atoms with Crippen LogP contribution in [-0.4, -0.2) is 40.3 Å². The number of halogens is 1. The fourth-order valence-corrected chi connectivity index (χ4v) is 3.65. The molecular weight excluding hydrogens is 352 g/mol. The molecule has 0 aliphatic heterocycles. The fraction of sp³-hybridized carbons (Fsp3) is 0.562. The molecule has 0 saturated carbocycles. The molecule has 1 N–H and O–H groups in total. The molecule has 8 heteroatoms. The van der Waals surface area contributed by atoms with Crippen molar-refractivity contribution in [3.8, 4) is 5.75 Å². The number of amides is 1. The van der Waals surface area contributed by atoms with Gasteiger partial charge in [-0.05, 0) is 37.5 Å². The van der Waals surface area contributed by atoms with Gasteiger partial charge in [-0.2, -0.15) is 0 Å². The van der Waals surface area contributed by atoms with E-state index in [2.05, 4.69) is 19.2 Å². The minimum absolute atomic E-state index is 0.274. The summed E-state index contributed by atoms with van der Waals surface area (Å²) in [5.41, 5.74) is 0.315. The first kappa shape index (κ1) is 20.6. The fourth-order valence-electron chi connectivity index (χ4n) is 2.23. The van der Waals surface area contributed by atoms with Gasteiger partial charge in [0.1, 0.15) is 11.8 Å². The highest BCUT2D eigenvalue weighted by molar-refractivity contribution is 7.92. The number of hydrogen-bond donors (Lipinski definition) is 1. The molecule has 0 radical (unpaired) electrons. The number of nitrogens with one attached hydrogen (secondary N) is 1. The highest BCUT2D eigenvalue weighted by Crippen LogP contribution is 2.31. The van der Waals surface area contributed by atoms with Gasteiger partial charge in [-0.3, -0.25) is 9.10 Å². The molecule has 136 valence electrons. The number of ether oxygens (including phenoxy) is 1. The van der Waals surface area contributed by atoms with Crippen molar-refractivity contribution in [2.24, 2.45) is 5.92 Å². The van der Waals surface area contributed by atoms with Crippen LogP contribution in [0.15, 0.2) is 18.2 Å². The van der Waals surface area contributed by atoms with E-state index in [-0.39, 0.29) is 10.9 Å². The normalized spacial score (nSPS) is 12.8. The van der Waals surface area contributed by atoms with E-state index < -0.39 is 16.1 Å². The zero-order valence-electron chi connectivity index (χ0n) is 14.7. The maximum Gasteiger partial charge on any atom is 0.243 e. The minimum Gasteiger partial charge on any atom is -0.495 e. The highest BCUT2D eigenvalue weighted by atomic mass is 35.5. The Hall–Kier alpha value is -1.47. The van der Waals surface area contributed by atoms with Crippen LogP contribution in [0.4, 0.5) is 5.69 Å². The number of hydrogen-bond acceptors (Lipinski definition) is 4. The molecule has 0 fully saturated rings. The number of sulfonamides is 1. The lowest BCUT2D eigenvalue weighted by Gasteiger charge is -2.28. The Labute approximate surface area is 149 Å². The molecule has 0 spiro atoms. The minimum atomic E-state index is -3.67. The molecule has 1 atom stereocenters. The van der Waals surface area contributed by atoms with Crippen LogP contribution >= 0.6 is 11.6 Å². The number of carbonyl (C=O) groups is 1. The maximum atomic E-state index is 12.3. The summed E-state index contributed by atoms with van der Waals surface area (Å²) in [5.74, 6) is 0.530. The Bertz CT molecular complexity index is 677. The lowest BCUT2D eigenvalue weighted by Crippen LogP contribution is -2.48. The zero-order chi connectivity index (χ0) is 18.5. The van der Waals surface area contributed by atoms with Gasteiger partial charge in [0.25, 0.3) is 0 Å². The predicted octanol–water partition coefficient (Wildman–Crippen LogP) is 2.67. The Kier molecular flexibility index (Phi) is 7.35. The Morgan fingerprint density at radius 1 is 1.33 bits per heavy atom. The van der Waals surface area contributed by atoms with Crippen molar-refractivity contribution in [2.75, 3.05) is 24.2 Å². The average Bonchev–Trinajstić information content (AvgIpc) is 2.45. The van der Waals surface area contributed by atoms with Crippen LogP contribution < -0.4 is 14.4 Å². The highest BCUT2D eigenvalue weighted by Gasteiger charge is 2.29. The van der Waals surface area contributed by atoms with Gasteiger partial charge >= 0.3 is 0 Å². The van der Waals surface area contributed by atoms with Crippen molar-refractivity contribution >= 4 is 33.2 Å². The van der Waals surface area contributed by atoms with Crippen LogP contribution in [0.25, 0.3) is 0 Å². The molecule has 0 bridgehead atoms. The molecule has 6 nitrogen and oxygen atoms in total. The van der Waals surface area contributed by atoms with Crippen LogP contribution in [-0.2, 0) is 14.8 Å². The van der Waals surface area contributed by atoms with Crippen LogP contribution in [0.5, 0.6) is 5.75 Å². The molecule has 24 heavy (non-hydrogen) atoms. The molecular formula is C16H25ClN2O4S. The van der Waals surface area contributed by atoms with Gasteiger partial charge in [0.05, 0.1) is 24.1 Å². The van der Waals surface area contributed by atoms with Crippen molar-refractivity contribution in [1.82, 2.24) is 5.32 Å². The Morgan fingerprint density at radius 2 is 1.96 bits per heavy atom. The van der Waals surface area contributed by atoms with Gasteiger partial charge in [0.2, 0.25) is 15.9 Å². The van der Waals surface area contributed by atoms with E-state index in [4.69, 9.17) is 16.3 Å². The van der Waals surface area contributed by atoms with Crippen molar-refractivity contribution in [2.45, 2.75) is 33.2 Å². The standard InChI is InChI=1S/C16H25ClN2O4S/c1-11(2)8-9-18-16(20)12(3)19(24(5,21)22)13-6-7-15(23-4)14(17)10-13/h6-7,10-12H,8-9H2,1-5H3,(H,18,20)/t12-/m1/s1. The predicted molar refractivity (Wildman–Crippen MR) is 97.3 cm³/mol. The quantitative estimate of drug-likeness (QED) is 0.756. The number of anilines is 1. The number of carbonyl (C=O) groups excluding carboxylic acids is 1. The zero-order valence-corrected chi connectivity index (χ0v) is 16.2. The Morgan fingerprint density at radius 3 is 2.42 bits per heavy atom. The lowest BCUT2D eigenvalue weighted by atomic mass is 10.1. The van der Waals surface area contributed by atoms with E-state index in [0.29, 0.717) is 23.9 Å². The first-order valence-electron chi connectivity index (χ1n) is 7.68. The van der Waals surface area contributed by atoms with E-state index >= 15 is 0 Å². The lowest BCUT2D eigenvalue weighted by molar-refractivity contribution is -0.121.